The largest absolute Gasteiger partial charge is 0.377 e. The van der Waals surface area contributed by atoms with Gasteiger partial charge in [-0.05, 0) is 50.1 Å². The van der Waals surface area contributed by atoms with E-state index in [-0.39, 0.29) is 17.7 Å². The van der Waals surface area contributed by atoms with Crippen LogP contribution in [0.1, 0.15) is 36.5 Å². The standard InChI is InChI=1S/C16H22FNO2/c1-2-10-20-15-4-3-9-18(11-15)12-16(19)13-5-7-14(17)8-6-13/h5-8,15H,2-4,9-12H2,1H3. The highest BCUT2D eigenvalue weighted by Gasteiger charge is 2.22. The fourth-order valence-corrected chi connectivity index (χ4v) is 2.51. The van der Waals surface area contributed by atoms with Crippen molar-refractivity contribution in [1.82, 2.24) is 4.90 Å². The second-order valence-corrected chi connectivity index (χ2v) is 5.30. The summed E-state index contributed by atoms with van der Waals surface area (Å²) in [7, 11) is 0. The molecule has 1 atom stereocenters. The van der Waals surface area contributed by atoms with E-state index in [2.05, 4.69) is 11.8 Å². The number of ether oxygens (including phenoxy) is 1. The van der Waals surface area contributed by atoms with Gasteiger partial charge in [-0.15, -0.1) is 0 Å². The molecule has 2 rings (SSSR count). The van der Waals surface area contributed by atoms with Crippen molar-refractivity contribution in [3.63, 3.8) is 0 Å². The van der Waals surface area contributed by atoms with Gasteiger partial charge in [0.2, 0.25) is 0 Å². The van der Waals surface area contributed by atoms with Crippen LogP contribution in [0, 0.1) is 5.82 Å². The van der Waals surface area contributed by atoms with Gasteiger partial charge in [0.15, 0.2) is 5.78 Å². The van der Waals surface area contributed by atoms with Crippen LogP contribution in [0.5, 0.6) is 0 Å². The average Bonchev–Trinajstić information content (AvgIpc) is 2.46. The number of hydrogen-bond donors (Lipinski definition) is 0. The molecule has 1 aliphatic rings. The lowest BCUT2D eigenvalue weighted by molar-refractivity contribution is 0.00131. The van der Waals surface area contributed by atoms with Crippen LogP contribution in [-0.4, -0.2) is 43.0 Å². The Hall–Kier alpha value is -1.26. The SMILES string of the molecule is CCCOC1CCCN(CC(=O)c2ccc(F)cc2)C1. The summed E-state index contributed by atoms with van der Waals surface area (Å²) >= 11 is 0. The van der Waals surface area contributed by atoms with Crippen molar-refractivity contribution in [2.45, 2.75) is 32.3 Å². The van der Waals surface area contributed by atoms with Gasteiger partial charge in [-0.3, -0.25) is 9.69 Å². The maximum atomic E-state index is 12.8. The summed E-state index contributed by atoms with van der Waals surface area (Å²) in [5.41, 5.74) is 0.572. The van der Waals surface area contributed by atoms with Crippen LogP contribution in [-0.2, 0) is 4.74 Å². The second-order valence-electron chi connectivity index (χ2n) is 5.30. The first-order chi connectivity index (χ1) is 9.69. The number of hydrogen-bond acceptors (Lipinski definition) is 3. The molecule has 110 valence electrons. The topological polar surface area (TPSA) is 29.5 Å². The van der Waals surface area contributed by atoms with Gasteiger partial charge in [-0.2, -0.15) is 0 Å². The number of nitrogens with zero attached hydrogens (tertiary/aromatic N) is 1. The fourth-order valence-electron chi connectivity index (χ4n) is 2.51. The molecule has 1 aliphatic heterocycles. The summed E-state index contributed by atoms with van der Waals surface area (Å²) in [4.78, 5) is 14.3. The van der Waals surface area contributed by atoms with E-state index in [1.165, 1.54) is 12.1 Å². The average molecular weight is 279 g/mol. The first-order valence-corrected chi connectivity index (χ1v) is 7.31. The molecule has 1 fully saturated rings. The molecular formula is C16H22FNO2. The van der Waals surface area contributed by atoms with E-state index in [1.54, 1.807) is 12.1 Å². The third-order valence-corrected chi connectivity index (χ3v) is 3.55. The Morgan fingerprint density at radius 3 is 2.85 bits per heavy atom. The molecule has 0 N–H and O–H groups in total. The number of benzene rings is 1. The van der Waals surface area contributed by atoms with E-state index in [9.17, 15) is 9.18 Å². The number of Topliss-reactive ketones (excluding diaryl/α,β-unsaturated/α-hetero) is 1. The molecule has 0 bridgehead atoms. The lowest BCUT2D eigenvalue weighted by Gasteiger charge is -2.32. The van der Waals surface area contributed by atoms with Gasteiger partial charge in [0.25, 0.3) is 0 Å². The summed E-state index contributed by atoms with van der Waals surface area (Å²) in [6, 6.07) is 5.76. The van der Waals surface area contributed by atoms with Crippen LogP contribution in [0.15, 0.2) is 24.3 Å². The molecule has 0 amide bonds. The smallest absolute Gasteiger partial charge is 0.176 e. The minimum Gasteiger partial charge on any atom is -0.377 e. The molecular weight excluding hydrogens is 257 g/mol. The van der Waals surface area contributed by atoms with Crippen LogP contribution >= 0.6 is 0 Å². The molecule has 4 heteroatoms. The van der Waals surface area contributed by atoms with Gasteiger partial charge >= 0.3 is 0 Å². The third-order valence-electron chi connectivity index (χ3n) is 3.55. The van der Waals surface area contributed by atoms with E-state index in [0.717, 1.165) is 39.0 Å². The van der Waals surface area contributed by atoms with Gasteiger partial charge in [0.05, 0.1) is 12.6 Å². The van der Waals surface area contributed by atoms with Crippen LogP contribution in [0.2, 0.25) is 0 Å². The lowest BCUT2D eigenvalue weighted by atomic mass is 10.1. The first kappa shape index (κ1) is 15.1. The number of carbonyl (C=O) groups excluding carboxylic acids is 1. The number of ketones is 1. The molecule has 1 aromatic rings. The van der Waals surface area contributed by atoms with Gasteiger partial charge < -0.3 is 4.74 Å². The Morgan fingerprint density at radius 2 is 2.15 bits per heavy atom. The van der Waals surface area contributed by atoms with Crippen molar-refractivity contribution in [3.8, 4) is 0 Å². The van der Waals surface area contributed by atoms with Gasteiger partial charge in [0, 0.05) is 18.7 Å². The Balaban J connectivity index is 1.85. The summed E-state index contributed by atoms with van der Waals surface area (Å²) in [5, 5.41) is 0. The molecule has 0 aliphatic carbocycles. The maximum Gasteiger partial charge on any atom is 0.176 e. The molecule has 1 heterocycles. The zero-order chi connectivity index (χ0) is 14.4. The van der Waals surface area contributed by atoms with Crippen LogP contribution in [0.4, 0.5) is 4.39 Å². The Kier molecular flexibility index (Phi) is 5.68. The quantitative estimate of drug-likeness (QED) is 0.750. The molecule has 3 nitrogen and oxygen atoms in total. The summed E-state index contributed by atoms with van der Waals surface area (Å²) in [5.74, 6) is -0.270. The van der Waals surface area contributed by atoms with Crippen molar-refractivity contribution in [1.29, 1.82) is 0 Å². The highest BCUT2D eigenvalue weighted by Crippen LogP contribution is 2.14. The molecule has 1 aromatic carbocycles. The van der Waals surface area contributed by atoms with Gasteiger partial charge in [-0.25, -0.2) is 4.39 Å². The van der Waals surface area contributed by atoms with Crippen molar-refractivity contribution in [2.75, 3.05) is 26.2 Å². The van der Waals surface area contributed by atoms with E-state index in [4.69, 9.17) is 4.74 Å². The van der Waals surface area contributed by atoms with Crippen molar-refractivity contribution >= 4 is 5.78 Å². The monoisotopic (exact) mass is 279 g/mol. The van der Waals surface area contributed by atoms with E-state index in [0.29, 0.717) is 12.1 Å². The minimum absolute atomic E-state index is 0.0427. The summed E-state index contributed by atoms with van der Waals surface area (Å²) in [6.45, 7) is 5.01. The minimum atomic E-state index is -0.312. The van der Waals surface area contributed by atoms with Gasteiger partial charge in [-0.1, -0.05) is 6.92 Å². The number of piperidine rings is 1. The molecule has 1 unspecified atom stereocenters. The molecule has 0 radical (unpaired) electrons. The molecule has 0 aromatic heterocycles. The van der Waals surface area contributed by atoms with Crippen molar-refractivity contribution in [3.05, 3.63) is 35.6 Å². The Bertz CT molecular complexity index is 433. The van der Waals surface area contributed by atoms with Gasteiger partial charge in [0.1, 0.15) is 5.82 Å². The maximum absolute atomic E-state index is 12.8. The molecule has 20 heavy (non-hydrogen) atoms. The van der Waals surface area contributed by atoms with Crippen LogP contribution in [0.25, 0.3) is 0 Å². The number of carbonyl (C=O) groups is 1. The zero-order valence-electron chi connectivity index (χ0n) is 12.0. The first-order valence-electron chi connectivity index (χ1n) is 7.31. The van der Waals surface area contributed by atoms with Crippen LogP contribution in [0.3, 0.4) is 0 Å². The fraction of sp³-hybridized carbons (Fsp3) is 0.562. The summed E-state index contributed by atoms with van der Waals surface area (Å²) < 4.78 is 18.6. The van der Waals surface area contributed by atoms with Crippen molar-refractivity contribution < 1.29 is 13.9 Å². The predicted octanol–water partition coefficient (Wildman–Crippen LogP) is 2.90. The lowest BCUT2D eigenvalue weighted by Crippen LogP contribution is -2.42. The highest BCUT2D eigenvalue weighted by molar-refractivity contribution is 5.97. The van der Waals surface area contributed by atoms with E-state index >= 15 is 0 Å². The molecule has 1 saturated heterocycles. The number of rotatable bonds is 6. The van der Waals surface area contributed by atoms with Crippen molar-refractivity contribution in [2.24, 2.45) is 0 Å². The normalized spacial score (nSPS) is 20.0. The van der Waals surface area contributed by atoms with E-state index < -0.39 is 0 Å². The predicted molar refractivity (Wildman–Crippen MR) is 76.4 cm³/mol. The van der Waals surface area contributed by atoms with E-state index in [1.807, 2.05) is 0 Å². The molecule has 0 spiro atoms. The zero-order valence-corrected chi connectivity index (χ0v) is 12.0. The second kappa shape index (κ2) is 7.50. The summed E-state index contributed by atoms with van der Waals surface area (Å²) in [6.07, 6.45) is 3.39. The Morgan fingerprint density at radius 1 is 1.40 bits per heavy atom. The molecule has 0 saturated carbocycles. The number of likely N-dealkylation sites (tertiary alicyclic amines) is 1. The Labute approximate surface area is 119 Å². The van der Waals surface area contributed by atoms with Crippen LogP contribution < -0.4 is 0 Å². The third kappa shape index (κ3) is 4.39. The highest BCUT2D eigenvalue weighted by atomic mass is 19.1. The number of halogens is 1.